The predicted molar refractivity (Wildman–Crippen MR) is 72.4 cm³/mol. The van der Waals surface area contributed by atoms with Crippen molar-refractivity contribution in [3.63, 3.8) is 0 Å². The maximum absolute atomic E-state index is 11.8. The first-order valence-electron chi connectivity index (χ1n) is 5.91. The second-order valence-corrected chi connectivity index (χ2v) is 3.93. The quantitative estimate of drug-likeness (QED) is 0.723. The lowest BCUT2D eigenvalue weighted by Gasteiger charge is -2.19. The van der Waals surface area contributed by atoms with Crippen molar-refractivity contribution in [1.29, 1.82) is 0 Å². The Kier molecular flexibility index (Phi) is 6.02. The fraction of sp³-hybridized carbons (Fsp3) is 0.308. The summed E-state index contributed by atoms with van der Waals surface area (Å²) in [5.74, 6) is -0.590. The van der Waals surface area contributed by atoms with Gasteiger partial charge in [0.2, 0.25) is 5.88 Å². The van der Waals surface area contributed by atoms with Gasteiger partial charge in [0.25, 0.3) is 0 Å². The normalized spacial score (nSPS) is 9.65. The molecule has 0 aliphatic rings. The molecule has 0 fully saturated rings. The maximum atomic E-state index is 11.8. The van der Waals surface area contributed by atoms with Crippen LogP contribution in [0.15, 0.2) is 31.0 Å². The number of ether oxygens (including phenoxy) is 1. The number of hydrogen-bond acceptors (Lipinski definition) is 4. The van der Waals surface area contributed by atoms with E-state index < -0.39 is 12.0 Å². The summed E-state index contributed by atoms with van der Waals surface area (Å²) in [5.41, 5.74) is 0.785. The minimum atomic E-state index is -1.08. The van der Waals surface area contributed by atoms with Gasteiger partial charge in [-0.05, 0) is 5.56 Å². The number of carboxylic acids is 1. The van der Waals surface area contributed by atoms with E-state index in [2.05, 4.69) is 16.9 Å². The summed E-state index contributed by atoms with van der Waals surface area (Å²) in [7, 11) is 1.52. The molecule has 1 rings (SSSR count). The Labute approximate surface area is 116 Å². The Morgan fingerprint density at radius 1 is 1.55 bits per heavy atom. The number of urea groups is 1. The lowest BCUT2D eigenvalue weighted by molar-refractivity contribution is -0.137. The molecule has 0 atom stereocenters. The topological polar surface area (TPSA) is 91.8 Å². The van der Waals surface area contributed by atoms with E-state index in [1.165, 1.54) is 13.2 Å². The summed E-state index contributed by atoms with van der Waals surface area (Å²) >= 11 is 0. The van der Waals surface area contributed by atoms with Crippen molar-refractivity contribution in [1.82, 2.24) is 15.2 Å². The number of aliphatic carboxylic acids is 1. The number of carbonyl (C=O) groups excluding carboxylic acids is 1. The molecule has 0 aromatic carbocycles. The molecule has 0 unspecified atom stereocenters. The van der Waals surface area contributed by atoms with Crippen molar-refractivity contribution in [2.45, 2.75) is 6.54 Å². The van der Waals surface area contributed by atoms with Gasteiger partial charge in [0, 0.05) is 25.4 Å². The van der Waals surface area contributed by atoms with Crippen LogP contribution in [0.1, 0.15) is 5.56 Å². The second-order valence-electron chi connectivity index (χ2n) is 3.93. The second kappa shape index (κ2) is 7.78. The summed E-state index contributed by atoms with van der Waals surface area (Å²) < 4.78 is 4.93. The number of nitrogens with one attached hydrogen (secondary N) is 1. The van der Waals surface area contributed by atoms with E-state index in [1.807, 2.05) is 0 Å². The summed E-state index contributed by atoms with van der Waals surface area (Å²) in [6.45, 7) is 3.53. The predicted octanol–water partition coefficient (Wildman–Crippen LogP) is 0.872. The number of rotatable bonds is 7. The highest BCUT2D eigenvalue weighted by molar-refractivity contribution is 5.80. The van der Waals surface area contributed by atoms with Crippen LogP contribution >= 0.6 is 0 Å². The van der Waals surface area contributed by atoms with E-state index in [0.717, 1.165) is 10.5 Å². The minimum absolute atomic E-state index is 0.166. The molecule has 0 saturated carbocycles. The van der Waals surface area contributed by atoms with Crippen LogP contribution in [-0.2, 0) is 11.3 Å². The van der Waals surface area contributed by atoms with Gasteiger partial charge in [-0.3, -0.25) is 4.79 Å². The molecule has 20 heavy (non-hydrogen) atoms. The molecular weight excluding hydrogens is 262 g/mol. The molecule has 7 heteroatoms. The largest absolute Gasteiger partial charge is 0.481 e. The number of nitrogens with zero attached hydrogens (tertiary/aromatic N) is 2. The lowest BCUT2D eigenvalue weighted by Crippen LogP contribution is -2.42. The van der Waals surface area contributed by atoms with Gasteiger partial charge in [0.15, 0.2) is 0 Å². The summed E-state index contributed by atoms with van der Waals surface area (Å²) in [5, 5.41) is 11.3. The van der Waals surface area contributed by atoms with Crippen LogP contribution < -0.4 is 10.1 Å². The standard InChI is InChI=1S/C13H17N3O4/c1-3-6-16(9-12(17)18)13(19)15-8-10-4-5-11(20-2)14-7-10/h3-5,7H,1,6,8-9H2,2H3,(H,15,19)(H,17,18). The highest BCUT2D eigenvalue weighted by atomic mass is 16.5. The number of pyridine rings is 1. The van der Waals surface area contributed by atoms with Gasteiger partial charge in [0.1, 0.15) is 6.54 Å². The molecule has 0 radical (unpaired) electrons. The van der Waals surface area contributed by atoms with Gasteiger partial charge in [-0.15, -0.1) is 6.58 Å². The first-order chi connectivity index (χ1) is 9.56. The van der Waals surface area contributed by atoms with Crippen LogP contribution in [-0.4, -0.2) is 47.2 Å². The van der Waals surface area contributed by atoms with E-state index in [-0.39, 0.29) is 19.6 Å². The Morgan fingerprint density at radius 3 is 2.80 bits per heavy atom. The van der Waals surface area contributed by atoms with E-state index in [0.29, 0.717) is 5.88 Å². The molecule has 1 aromatic heterocycles. The van der Waals surface area contributed by atoms with Crippen molar-refractivity contribution >= 4 is 12.0 Å². The van der Waals surface area contributed by atoms with Crippen molar-refractivity contribution < 1.29 is 19.4 Å². The fourth-order valence-electron chi connectivity index (χ4n) is 1.46. The molecule has 0 aliphatic carbocycles. The third kappa shape index (κ3) is 4.97. The molecule has 2 amide bonds. The number of amides is 2. The molecular formula is C13H17N3O4. The highest BCUT2D eigenvalue weighted by Gasteiger charge is 2.14. The summed E-state index contributed by atoms with van der Waals surface area (Å²) in [4.78, 5) is 27.6. The number of methoxy groups -OCH3 is 1. The van der Waals surface area contributed by atoms with Gasteiger partial charge >= 0.3 is 12.0 Å². The van der Waals surface area contributed by atoms with Crippen LogP contribution in [0.25, 0.3) is 0 Å². The monoisotopic (exact) mass is 279 g/mol. The Hall–Kier alpha value is -2.57. The SMILES string of the molecule is C=CCN(CC(=O)O)C(=O)NCc1ccc(OC)nc1. The molecule has 0 spiro atoms. The average molecular weight is 279 g/mol. The first kappa shape index (κ1) is 15.5. The molecule has 108 valence electrons. The van der Waals surface area contributed by atoms with Gasteiger partial charge in [0.05, 0.1) is 7.11 Å². The van der Waals surface area contributed by atoms with Crippen LogP contribution in [0.4, 0.5) is 4.79 Å². The maximum Gasteiger partial charge on any atom is 0.323 e. The molecule has 0 bridgehead atoms. The fourth-order valence-corrected chi connectivity index (χ4v) is 1.46. The zero-order valence-corrected chi connectivity index (χ0v) is 11.2. The minimum Gasteiger partial charge on any atom is -0.481 e. The number of carbonyl (C=O) groups is 2. The molecule has 1 heterocycles. The third-order valence-electron chi connectivity index (χ3n) is 2.41. The van der Waals surface area contributed by atoms with Crippen molar-refractivity contribution in [2.75, 3.05) is 20.2 Å². The Balaban J connectivity index is 2.54. The smallest absolute Gasteiger partial charge is 0.323 e. The van der Waals surface area contributed by atoms with Gasteiger partial charge in [-0.25, -0.2) is 9.78 Å². The average Bonchev–Trinajstić information content (AvgIpc) is 2.44. The van der Waals surface area contributed by atoms with E-state index in [4.69, 9.17) is 9.84 Å². The van der Waals surface area contributed by atoms with Crippen molar-refractivity contribution in [3.8, 4) is 5.88 Å². The van der Waals surface area contributed by atoms with Crippen LogP contribution in [0.2, 0.25) is 0 Å². The van der Waals surface area contributed by atoms with Crippen LogP contribution in [0, 0.1) is 0 Å². The highest BCUT2D eigenvalue weighted by Crippen LogP contribution is 2.06. The first-order valence-corrected chi connectivity index (χ1v) is 5.91. The summed E-state index contributed by atoms with van der Waals surface area (Å²) in [6, 6.07) is 2.98. The van der Waals surface area contributed by atoms with E-state index in [1.54, 1.807) is 18.3 Å². The zero-order valence-electron chi connectivity index (χ0n) is 11.2. The number of carboxylic acid groups (broad SMARTS) is 1. The summed E-state index contributed by atoms with van der Waals surface area (Å²) in [6.07, 6.45) is 3.05. The number of aromatic nitrogens is 1. The molecule has 1 aromatic rings. The lowest BCUT2D eigenvalue weighted by atomic mass is 10.3. The van der Waals surface area contributed by atoms with Gasteiger partial charge < -0.3 is 20.1 Å². The van der Waals surface area contributed by atoms with E-state index in [9.17, 15) is 9.59 Å². The number of hydrogen-bond donors (Lipinski definition) is 2. The molecule has 7 nitrogen and oxygen atoms in total. The third-order valence-corrected chi connectivity index (χ3v) is 2.41. The van der Waals surface area contributed by atoms with E-state index >= 15 is 0 Å². The Morgan fingerprint density at radius 2 is 2.30 bits per heavy atom. The van der Waals surface area contributed by atoms with Gasteiger partial charge in [-0.2, -0.15) is 0 Å². The van der Waals surface area contributed by atoms with Crippen LogP contribution in [0.3, 0.4) is 0 Å². The molecule has 0 aliphatic heterocycles. The van der Waals surface area contributed by atoms with Crippen molar-refractivity contribution in [2.24, 2.45) is 0 Å². The molecule has 2 N–H and O–H groups in total. The van der Waals surface area contributed by atoms with Crippen LogP contribution in [0.5, 0.6) is 5.88 Å². The molecule has 0 saturated heterocycles. The Bertz CT molecular complexity index is 473. The van der Waals surface area contributed by atoms with Gasteiger partial charge in [-0.1, -0.05) is 12.1 Å². The zero-order chi connectivity index (χ0) is 15.0. The van der Waals surface area contributed by atoms with Crippen molar-refractivity contribution in [3.05, 3.63) is 36.5 Å².